The van der Waals surface area contributed by atoms with Gasteiger partial charge in [0.05, 0.1) is 13.2 Å². The molecular formula is C20H24N2O3. The second-order valence-corrected chi connectivity index (χ2v) is 5.81. The van der Waals surface area contributed by atoms with Crippen LogP contribution in [0.15, 0.2) is 60.7 Å². The zero-order chi connectivity index (χ0) is 18.1. The fourth-order valence-corrected chi connectivity index (χ4v) is 2.63. The first kappa shape index (κ1) is 18.7. The van der Waals surface area contributed by atoms with Crippen molar-refractivity contribution in [3.8, 4) is 0 Å². The topological polar surface area (TPSA) is 67.4 Å². The average Bonchev–Trinajstić information content (AvgIpc) is 2.66. The predicted molar refractivity (Wildman–Crippen MR) is 97.1 cm³/mol. The van der Waals surface area contributed by atoms with Gasteiger partial charge in [0.2, 0.25) is 5.91 Å². The standard InChI is InChI=1S/C20H24N2O3/c1-21-17(13-15-9-5-3-6-10-15)19(23)22-18(20(24)25-2)14-16-11-7-4-8-12-16/h3-12,17-18,21H,13-14H2,1-2H3,(H,22,23)/t17-,18+/m1/s1. The molecule has 25 heavy (non-hydrogen) atoms. The van der Waals surface area contributed by atoms with Crippen molar-refractivity contribution >= 4 is 11.9 Å². The molecule has 0 fully saturated rings. The van der Waals surface area contributed by atoms with Gasteiger partial charge in [-0.3, -0.25) is 4.79 Å². The third-order valence-corrected chi connectivity index (χ3v) is 4.03. The van der Waals surface area contributed by atoms with Crippen LogP contribution in [0.2, 0.25) is 0 Å². The van der Waals surface area contributed by atoms with E-state index in [1.54, 1.807) is 7.05 Å². The number of rotatable bonds is 8. The normalized spacial score (nSPS) is 12.9. The molecule has 0 unspecified atom stereocenters. The molecule has 1 amide bonds. The van der Waals surface area contributed by atoms with E-state index < -0.39 is 18.1 Å². The summed E-state index contributed by atoms with van der Waals surface area (Å²) in [5, 5.41) is 5.82. The van der Waals surface area contributed by atoms with E-state index in [-0.39, 0.29) is 5.91 Å². The lowest BCUT2D eigenvalue weighted by molar-refractivity contribution is -0.145. The number of likely N-dealkylation sites (N-methyl/N-ethyl adjacent to an activating group) is 1. The first-order valence-corrected chi connectivity index (χ1v) is 8.27. The number of methoxy groups -OCH3 is 1. The predicted octanol–water partition coefficient (Wildman–Crippen LogP) is 1.72. The van der Waals surface area contributed by atoms with Crippen molar-refractivity contribution in [2.24, 2.45) is 0 Å². The summed E-state index contributed by atoms with van der Waals surface area (Å²) in [5.41, 5.74) is 2.01. The fourth-order valence-electron chi connectivity index (χ4n) is 2.63. The van der Waals surface area contributed by atoms with Crippen LogP contribution < -0.4 is 10.6 Å². The Labute approximate surface area is 148 Å². The van der Waals surface area contributed by atoms with E-state index in [2.05, 4.69) is 10.6 Å². The van der Waals surface area contributed by atoms with Crippen LogP contribution in [0.25, 0.3) is 0 Å². The van der Waals surface area contributed by atoms with Crippen LogP contribution in [0.1, 0.15) is 11.1 Å². The Bertz CT molecular complexity index is 674. The number of esters is 1. The highest BCUT2D eigenvalue weighted by molar-refractivity contribution is 5.87. The number of ether oxygens (including phenoxy) is 1. The molecule has 0 aromatic heterocycles. The minimum atomic E-state index is -0.716. The number of carbonyl (C=O) groups is 2. The molecule has 2 aromatic rings. The summed E-state index contributed by atoms with van der Waals surface area (Å²) in [6, 6.07) is 18.2. The van der Waals surface area contributed by atoms with Crippen molar-refractivity contribution in [3.63, 3.8) is 0 Å². The molecule has 2 N–H and O–H groups in total. The third-order valence-electron chi connectivity index (χ3n) is 4.03. The number of hydrogen-bond acceptors (Lipinski definition) is 4. The lowest BCUT2D eigenvalue weighted by Gasteiger charge is -2.21. The largest absolute Gasteiger partial charge is 0.467 e. The van der Waals surface area contributed by atoms with Gasteiger partial charge in [0.25, 0.3) is 0 Å². The molecule has 5 nitrogen and oxygen atoms in total. The van der Waals surface area contributed by atoms with Crippen molar-refractivity contribution in [1.82, 2.24) is 10.6 Å². The van der Waals surface area contributed by atoms with Crippen molar-refractivity contribution in [1.29, 1.82) is 0 Å². The Kier molecular flexibility index (Phi) is 7.16. The van der Waals surface area contributed by atoms with Crippen LogP contribution in [0.3, 0.4) is 0 Å². The molecule has 0 spiro atoms. The molecule has 0 aliphatic heterocycles. The Morgan fingerprint density at radius 3 is 1.80 bits per heavy atom. The molecule has 0 heterocycles. The van der Waals surface area contributed by atoms with Crippen LogP contribution in [0.5, 0.6) is 0 Å². The molecule has 0 bridgehead atoms. The molecule has 132 valence electrons. The highest BCUT2D eigenvalue weighted by atomic mass is 16.5. The summed E-state index contributed by atoms with van der Waals surface area (Å²) in [7, 11) is 3.06. The number of amides is 1. The fraction of sp³-hybridized carbons (Fsp3) is 0.300. The summed E-state index contributed by atoms with van der Waals surface area (Å²) in [6.07, 6.45) is 0.934. The molecule has 5 heteroatoms. The first-order valence-electron chi connectivity index (χ1n) is 8.27. The van der Waals surface area contributed by atoms with E-state index in [9.17, 15) is 9.59 Å². The van der Waals surface area contributed by atoms with Crippen LogP contribution in [-0.2, 0) is 27.2 Å². The van der Waals surface area contributed by atoms with Crippen LogP contribution >= 0.6 is 0 Å². The molecule has 2 rings (SSSR count). The minimum absolute atomic E-state index is 0.224. The van der Waals surface area contributed by atoms with Gasteiger partial charge >= 0.3 is 5.97 Å². The summed E-state index contributed by atoms with van der Waals surface area (Å²) in [4.78, 5) is 24.7. The summed E-state index contributed by atoms with van der Waals surface area (Å²) in [5.74, 6) is -0.676. The van der Waals surface area contributed by atoms with Gasteiger partial charge in [0.1, 0.15) is 6.04 Å². The van der Waals surface area contributed by atoms with Crippen LogP contribution in [0.4, 0.5) is 0 Å². The lowest BCUT2D eigenvalue weighted by Crippen LogP contribution is -2.51. The van der Waals surface area contributed by atoms with E-state index >= 15 is 0 Å². The molecule has 0 saturated heterocycles. The second-order valence-electron chi connectivity index (χ2n) is 5.81. The van der Waals surface area contributed by atoms with Gasteiger partial charge in [-0.15, -0.1) is 0 Å². The van der Waals surface area contributed by atoms with E-state index in [1.807, 2.05) is 60.7 Å². The Balaban J connectivity index is 2.05. The maximum atomic E-state index is 12.6. The number of hydrogen-bond donors (Lipinski definition) is 2. The Morgan fingerprint density at radius 1 is 0.880 bits per heavy atom. The van der Waals surface area contributed by atoms with Gasteiger partial charge in [-0.2, -0.15) is 0 Å². The quantitative estimate of drug-likeness (QED) is 0.718. The zero-order valence-electron chi connectivity index (χ0n) is 14.6. The van der Waals surface area contributed by atoms with E-state index in [0.29, 0.717) is 12.8 Å². The molecular weight excluding hydrogens is 316 g/mol. The van der Waals surface area contributed by atoms with Crippen molar-refractivity contribution in [2.45, 2.75) is 24.9 Å². The molecule has 0 saturated carbocycles. The molecule has 0 aliphatic rings. The number of nitrogens with one attached hydrogen (secondary N) is 2. The maximum absolute atomic E-state index is 12.6. The van der Waals surface area contributed by atoms with Gasteiger partial charge in [-0.05, 0) is 24.6 Å². The third kappa shape index (κ3) is 5.72. The van der Waals surface area contributed by atoms with Gasteiger partial charge in [-0.1, -0.05) is 60.7 Å². The summed E-state index contributed by atoms with van der Waals surface area (Å²) in [6.45, 7) is 0. The minimum Gasteiger partial charge on any atom is -0.467 e. The smallest absolute Gasteiger partial charge is 0.328 e. The molecule has 2 atom stereocenters. The Hall–Kier alpha value is -2.66. The Morgan fingerprint density at radius 2 is 1.36 bits per heavy atom. The van der Waals surface area contributed by atoms with Gasteiger partial charge in [-0.25, -0.2) is 4.79 Å². The van der Waals surface area contributed by atoms with E-state index in [4.69, 9.17) is 4.74 Å². The molecule has 0 radical (unpaired) electrons. The van der Waals surface area contributed by atoms with Crippen molar-refractivity contribution < 1.29 is 14.3 Å². The lowest BCUT2D eigenvalue weighted by atomic mass is 10.0. The highest BCUT2D eigenvalue weighted by Crippen LogP contribution is 2.07. The molecule has 2 aromatic carbocycles. The van der Waals surface area contributed by atoms with E-state index in [1.165, 1.54) is 7.11 Å². The zero-order valence-corrected chi connectivity index (χ0v) is 14.6. The van der Waals surface area contributed by atoms with E-state index in [0.717, 1.165) is 11.1 Å². The summed E-state index contributed by atoms with van der Waals surface area (Å²) >= 11 is 0. The van der Waals surface area contributed by atoms with Gasteiger partial charge < -0.3 is 15.4 Å². The summed E-state index contributed by atoms with van der Waals surface area (Å²) < 4.78 is 4.84. The second kappa shape index (κ2) is 9.59. The number of carbonyl (C=O) groups excluding carboxylic acids is 2. The van der Waals surface area contributed by atoms with Gasteiger partial charge in [0, 0.05) is 6.42 Å². The average molecular weight is 340 g/mol. The number of benzene rings is 2. The van der Waals surface area contributed by atoms with Crippen molar-refractivity contribution in [2.75, 3.05) is 14.2 Å². The highest BCUT2D eigenvalue weighted by Gasteiger charge is 2.25. The molecule has 0 aliphatic carbocycles. The van der Waals surface area contributed by atoms with Crippen LogP contribution in [-0.4, -0.2) is 38.1 Å². The van der Waals surface area contributed by atoms with Gasteiger partial charge in [0.15, 0.2) is 0 Å². The van der Waals surface area contributed by atoms with Crippen LogP contribution in [0, 0.1) is 0 Å². The first-order chi connectivity index (χ1) is 12.1. The van der Waals surface area contributed by atoms with Crippen molar-refractivity contribution in [3.05, 3.63) is 71.8 Å². The maximum Gasteiger partial charge on any atom is 0.328 e. The SMILES string of the molecule is CN[C@H](Cc1ccccc1)C(=O)N[C@@H](Cc1ccccc1)C(=O)OC. The monoisotopic (exact) mass is 340 g/mol.